The Labute approximate surface area is 163 Å². The molecule has 0 aliphatic carbocycles. The molecule has 0 unspecified atom stereocenters. The maximum absolute atomic E-state index is 12.3. The maximum Gasteiger partial charge on any atom is 0.234 e. The lowest BCUT2D eigenvalue weighted by atomic mass is 10.1. The van der Waals surface area contributed by atoms with Crippen molar-refractivity contribution >= 4 is 23.4 Å². The van der Waals surface area contributed by atoms with E-state index in [1.54, 1.807) is 13.4 Å². The first kappa shape index (κ1) is 19.1. The molecule has 3 rings (SSSR count). The fourth-order valence-corrected chi connectivity index (χ4v) is 3.34. The highest BCUT2D eigenvalue weighted by Crippen LogP contribution is 2.21. The Balaban J connectivity index is 1.64. The summed E-state index contributed by atoms with van der Waals surface area (Å²) in [6, 6.07) is 13.8. The molecular weight excluding hydrogens is 360 g/mol. The third-order valence-electron chi connectivity index (χ3n) is 4.14. The van der Waals surface area contributed by atoms with E-state index in [0.717, 1.165) is 16.9 Å². The Morgan fingerprint density at radius 1 is 1.19 bits per heavy atom. The van der Waals surface area contributed by atoms with E-state index in [0.29, 0.717) is 11.8 Å². The number of rotatable bonds is 7. The quantitative estimate of drug-likeness (QED) is 0.630. The van der Waals surface area contributed by atoms with Crippen molar-refractivity contribution in [3.8, 4) is 5.69 Å². The second kappa shape index (κ2) is 8.83. The highest BCUT2D eigenvalue weighted by atomic mass is 32.2. The first-order valence-electron chi connectivity index (χ1n) is 8.55. The third-order valence-corrected chi connectivity index (χ3v) is 5.08. The summed E-state index contributed by atoms with van der Waals surface area (Å²) in [5, 5.41) is 11.7. The van der Waals surface area contributed by atoms with Gasteiger partial charge in [0, 0.05) is 18.5 Å². The lowest BCUT2D eigenvalue weighted by Crippen LogP contribution is -2.14. The van der Waals surface area contributed by atoms with Gasteiger partial charge < -0.3 is 10.1 Å². The minimum atomic E-state index is -0.0933. The largest absolute Gasteiger partial charge is 0.380 e. The Bertz CT molecular complexity index is 939. The lowest BCUT2D eigenvalue weighted by Gasteiger charge is -2.09. The predicted molar refractivity (Wildman–Crippen MR) is 107 cm³/mol. The van der Waals surface area contributed by atoms with Crippen molar-refractivity contribution in [2.75, 3.05) is 18.2 Å². The number of aromatic nitrogens is 3. The first-order valence-corrected chi connectivity index (χ1v) is 9.53. The molecule has 140 valence electrons. The number of methoxy groups -OCH3 is 1. The molecule has 1 N–H and O–H groups in total. The van der Waals surface area contributed by atoms with Crippen LogP contribution in [0.4, 0.5) is 5.69 Å². The highest BCUT2D eigenvalue weighted by molar-refractivity contribution is 7.99. The van der Waals surface area contributed by atoms with Crippen molar-refractivity contribution in [3.63, 3.8) is 0 Å². The molecule has 2 aromatic carbocycles. The summed E-state index contributed by atoms with van der Waals surface area (Å²) in [6.45, 7) is 4.66. The van der Waals surface area contributed by atoms with Crippen LogP contribution in [0.3, 0.4) is 0 Å². The number of amides is 1. The fraction of sp³-hybridized carbons (Fsp3) is 0.250. The molecule has 0 saturated heterocycles. The average Bonchev–Trinajstić information content (AvgIpc) is 3.11. The summed E-state index contributed by atoms with van der Waals surface area (Å²) in [5.74, 6) is 0.155. The second-order valence-electron chi connectivity index (χ2n) is 6.22. The Morgan fingerprint density at radius 3 is 2.81 bits per heavy atom. The monoisotopic (exact) mass is 382 g/mol. The summed E-state index contributed by atoms with van der Waals surface area (Å²) in [6.07, 6.45) is 1.67. The van der Waals surface area contributed by atoms with Gasteiger partial charge >= 0.3 is 0 Å². The van der Waals surface area contributed by atoms with Crippen LogP contribution < -0.4 is 5.32 Å². The number of anilines is 1. The molecule has 6 nitrogen and oxygen atoms in total. The standard InChI is InChI=1S/C20H22N4O2S/c1-14-7-8-18(9-15(14)2)24-13-21-23-20(24)27-12-19(25)22-17-6-4-5-16(10-17)11-26-3/h4-10,13H,11-12H2,1-3H3,(H,22,25). The smallest absolute Gasteiger partial charge is 0.234 e. The molecule has 0 radical (unpaired) electrons. The summed E-state index contributed by atoms with van der Waals surface area (Å²) < 4.78 is 7.01. The number of carbonyl (C=O) groups is 1. The van der Waals surface area contributed by atoms with Gasteiger partial charge in [-0.15, -0.1) is 10.2 Å². The molecule has 0 atom stereocenters. The van der Waals surface area contributed by atoms with Crippen LogP contribution in [0.25, 0.3) is 5.69 Å². The molecule has 0 aliphatic rings. The van der Waals surface area contributed by atoms with Gasteiger partial charge in [0.15, 0.2) is 5.16 Å². The zero-order valence-electron chi connectivity index (χ0n) is 15.6. The minimum Gasteiger partial charge on any atom is -0.380 e. The zero-order valence-corrected chi connectivity index (χ0v) is 16.4. The van der Waals surface area contributed by atoms with Crippen molar-refractivity contribution in [2.45, 2.75) is 25.6 Å². The van der Waals surface area contributed by atoms with E-state index >= 15 is 0 Å². The van der Waals surface area contributed by atoms with Crippen LogP contribution >= 0.6 is 11.8 Å². The van der Waals surface area contributed by atoms with Gasteiger partial charge in [-0.1, -0.05) is 30.0 Å². The number of thioether (sulfide) groups is 1. The van der Waals surface area contributed by atoms with Gasteiger partial charge in [-0.05, 0) is 54.8 Å². The second-order valence-corrected chi connectivity index (χ2v) is 7.16. The topological polar surface area (TPSA) is 69.0 Å². The van der Waals surface area contributed by atoms with Crippen LogP contribution in [-0.2, 0) is 16.1 Å². The Kier molecular flexibility index (Phi) is 6.26. The van der Waals surface area contributed by atoms with Gasteiger partial charge in [-0.2, -0.15) is 0 Å². The lowest BCUT2D eigenvalue weighted by molar-refractivity contribution is -0.113. The molecule has 0 aliphatic heterocycles. The number of aryl methyl sites for hydroxylation is 2. The molecule has 1 amide bonds. The van der Waals surface area contributed by atoms with Gasteiger partial charge in [0.25, 0.3) is 0 Å². The first-order chi connectivity index (χ1) is 13.1. The zero-order chi connectivity index (χ0) is 19.2. The van der Waals surface area contributed by atoms with Crippen LogP contribution in [0.5, 0.6) is 0 Å². The summed E-state index contributed by atoms with van der Waals surface area (Å²) in [5.41, 5.74) is 5.18. The van der Waals surface area contributed by atoms with Crippen LogP contribution in [0.15, 0.2) is 53.9 Å². The number of carbonyl (C=O) groups excluding carboxylic acids is 1. The molecule has 0 saturated carbocycles. The van der Waals surface area contributed by atoms with Gasteiger partial charge in [-0.25, -0.2) is 0 Å². The summed E-state index contributed by atoms with van der Waals surface area (Å²) in [7, 11) is 1.65. The fourth-order valence-electron chi connectivity index (χ4n) is 2.61. The number of nitrogens with one attached hydrogen (secondary N) is 1. The van der Waals surface area contributed by atoms with Crippen molar-refractivity contribution in [1.29, 1.82) is 0 Å². The van der Waals surface area contributed by atoms with E-state index in [9.17, 15) is 4.79 Å². The maximum atomic E-state index is 12.3. The normalized spacial score (nSPS) is 10.8. The van der Waals surface area contributed by atoms with E-state index < -0.39 is 0 Å². The van der Waals surface area contributed by atoms with Crippen molar-refractivity contribution in [2.24, 2.45) is 0 Å². The highest BCUT2D eigenvalue weighted by Gasteiger charge is 2.11. The molecular formula is C20H22N4O2S. The van der Waals surface area contributed by atoms with E-state index in [1.165, 1.54) is 22.9 Å². The van der Waals surface area contributed by atoms with E-state index in [1.807, 2.05) is 34.9 Å². The van der Waals surface area contributed by atoms with Crippen molar-refractivity contribution in [1.82, 2.24) is 14.8 Å². The molecule has 0 spiro atoms. The SMILES string of the molecule is COCc1cccc(NC(=O)CSc2nncn2-c2ccc(C)c(C)c2)c1. The van der Waals surface area contributed by atoms with Crippen LogP contribution in [0.1, 0.15) is 16.7 Å². The Hall–Kier alpha value is -2.64. The Morgan fingerprint density at radius 2 is 2.04 bits per heavy atom. The number of hydrogen-bond donors (Lipinski definition) is 1. The predicted octanol–water partition coefficient (Wildman–Crippen LogP) is 3.76. The summed E-state index contributed by atoms with van der Waals surface area (Å²) >= 11 is 1.35. The number of ether oxygens (including phenoxy) is 1. The minimum absolute atomic E-state index is 0.0933. The molecule has 3 aromatic rings. The molecule has 0 bridgehead atoms. The van der Waals surface area contributed by atoms with Crippen LogP contribution in [0.2, 0.25) is 0 Å². The molecule has 1 aromatic heterocycles. The molecule has 27 heavy (non-hydrogen) atoms. The van der Waals surface area contributed by atoms with Crippen molar-refractivity contribution in [3.05, 3.63) is 65.5 Å². The van der Waals surface area contributed by atoms with Gasteiger partial charge in [0.1, 0.15) is 6.33 Å². The molecule has 0 fully saturated rings. The average molecular weight is 382 g/mol. The van der Waals surface area contributed by atoms with Gasteiger partial charge in [-0.3, -0.25) is 9.36 Å². The van der Waals surface area contributed by atoms with Crippen molar-refractivity contribution < 1.29 is 9.53 Å². The summed E-state index contributed by atoms with van der Waals surface area (Å²) in [4.78, 5) is 12.3. The van der Waals surface area contributed by atoms with Crippen LogP contribution in [0, 0.1) is 13.8 Å². The number of benzene rings is 2. The number of hydrogen-bond acceptors (Lipinski definition) is 5. The van der Waals surface area contributed by atoms with E-state index in [2.05, 4.69) is 41.5 Å². The van der Waals surface area contributed by atoms with Crippen LogP contribution in [-0.4, -0.2) is 33.5 Å². The molecule has 7 heteroatoms. The van der Waals surface area contributed by atoms with E-state index in [-0.39, 0.29) is 11.7 Å². The van der Waals surface area contributed by atoms with Gasteiger partial charge in [0.2, 0.25) is 5.91 Å². The van der Waals surface area contributed by atoms with E-state index in [4.69, 9.17) is 4.74 Å². The number of nitrogens with zero attached hydrogens (tertiary/aromatic N) is 3. The molecule has 1 heterocycles. The van der Waals surface area contributed by atoms with Gasteiger partial charge in [0.05, 0.1) is 12.4 Å². The third kappa shape index (κ3) is 4.96.